The van der Waals surface area contributed by atoms with Gasteiger partial charge in [-0.05, 0) is 23.6 Å². The van der Waals surface area contributed by atoms with Crippen LogP contribution in [0.1, 0.15) is 0 Å². The molecule has 4 N–H and O–H groups in total. The molecule has 6 nitrogen and oxygen atoms in total. The van der Waals surface area contributed by atoms with Crippen LogP contribution in [0.4, 0.5) is 5.69 Å². The number of anilines is 1. The molecule has 0 fully saturated rings. The second-order valence-electron chi connectivity index (χ2n) is 4.54. The Balaban J connectivity index is 2.38. The molecule has 2 aromatic carbocycles. The summed E-state index contributed by atoms with van der Waals surface area (Å²) in [5.74, 6) is -0.162. The molecular formula is C13H14ClNO5S. The van der Waals surface area contributed by atoms with Crippen LogP contribution in [0.3, 0.4) is 0 Å². The first-order valence-corrected chi connectivity index (χ1v) is 8.01. The van der Waals surface area contributed by atoms with E-state index in [9.17, 15) is 18.6 Å². The van der Waals surface area contributed by atoms with Crippen LogP contribution in [0, 0.1) is 0 Å². The summed E-state index contributed by atoms with van der Waals surface area (Å²) in [7, 11) is -4.38. The molecule has 21 heavy (non-hydrogen) atoms. The number of hydrogen-bond donors (Lipinski definition) is 4. The molecule has 0 aliphatic heterocycles. The van der Waals surface area contributed by atoms with Crippen LogP contribution in [0.15, 0.2) is 35.2 Å². The lowest BCUT2D eigenvalue weighted by Crippen LogP contribution is -2.20. The van der Waals surface area contributed by atoms with Gasteiger partial charge < -0.3 is 15.5 Å². The molecule has 1 atom stereocenters. The number of benzene rings is 2. The highest BCUT2D eigenvalue weighted by Crippen LogP contribution is 2.30. The summed E-state index contributed by atoms with van der Waals surface area (Å²) in [5, 5.41) is 23.1. The maximum absolute atomic E-state index is 11.1. The number of rotatable bonds is 5. The highest BCUT2D eigenvalue weighted by molar-refractivity contribution is 7.85. The molecule has 114 valence electrons. The molecule has 0 aromatic heterocycles. The molecule has 0 aliphatic carbocycles. The first-order valence-electron chi connectivity index (χ1n) is 6.03. The van der Waals surface area contributed by atoms with E-state index in [-0.39, 0.29) is 23.1 Å². The maximum Gasteiger partial charge on any atom is 0.294 e. The molecule has 0 bridgehead atoms. The Labute approximate surface area is 126 Å². The topological polar surface area (TPSA) is 107 Å². The minimum absolute atomic E-state index is 0.101. The fourth-order valence-corrected chi connectivity index (χ4v) is 2.51. The minimum Gasteiger partial charge on any atom is -0.507 e. The first kappa shape index (κ1) is 15.8. The van der Waals surface area contributed by atoms with Gasteiger partial charge in [0, 0.05) is 23.7 Å². The SMILES string of the molecule is O=S(=O)(O)c1cc(O)c2cc(NCC(O)CCl)ccc2c1. The Morgan fingerprint density at radius 1 is 1.24 bits per heavy atom. The Morgan fingerprint density at radius 3 is 2.57 bits per heavy atom. The quantitative estimate of drug-likeness (QED) is 0.491. The Hall–Kier alpha value is -1.54. The zero-order valence-electron chi connectivity index (χ0n) is 10.8. The van der Waals surface area contributed by atoms with E-state index >= 15 is 0 Å². The third-order valence-corrected chi connectivity index (χ3v) is 4.11. The summed E-state index contributed by atoms with van der Waals surface area (Å²) < 4.78 is 31.2. The van der Waals surface area contributed by atoms with E-state index in [0.717, 1.165) is 6.07 Å². The summed E-state index contributed by atoms with van der Waals surface area (Å²) in [4.78, 5) is -0.370. The van der Waals surface area contributed by atoms with Crippen molar-refractivity contribution in [3.63, 3.8) is 0 Å². The zero-order chi connectivity index (χ0) is 15.6. The largest absolute Gasteiger partial charge is 0.507 e. The Morgan fingerprint density at radius 2 is 1.95 bits per heavy atom. The van der Waals surface area contributed by atoms with E-state index in [2.05, 4.69) is 5.32 Å². The lowest BCUT2D eigenvalue weighted by atomic mass is 10.1. The van der Waals surface area contributed by atoms with Crippen LogP contribution in [0.2, 0.25) is 0 Å². The number of fused-ring (bicyclic) bond motifs is 1. The van der Waals surface area contributed by atoms with Crippen LogP contribution in [-0.2, 0) is 10.1 Å². The number of alkyl halides is 1. The van der Waals surface area contributed by atoms with Gasteiger partial charge in [-0.2, -0.15) is 8.42 Å². The highest BCUT2D eigenvalue weighted by atomic mass is 35.5. The van der Waals surface area contributed by atoms with Crippen LogP contribution in [-0.4, -0.2) is 41.7 Å². The molecule has 0 amide bonds. The van der Waals surface area contributed by atoms with Gasteiger partial charge in [0.1, 0.15) is 5.75 Å². The van der Waals surface area contributed by atoms with Gasteiger partial charge in [0.25, 0.3) is 10.1 Å². The molecule has 0 radical (unpaired) electrons. The second kappa shape index (κ2) is 6.07. The zero-order valence-corrected chi connectivity index (χ0v) is 12.4. The number of aliphatic hydroxyl groups excluding tert-OH is 1. The van der Waals surface area contributed by atoms with Crippen molar-refractivity contribution in [3.8, 4) is 5.75 Å². The van der Waals surface area contributed by atoms with E-state index in [4.69, 9.17) is 16.2 Å². The van der Waals surface area contributed by atoms with Gasteiger partial charge in [-0.1, -0.05) is 6.07 Å². The lowest BCUT2D eigenvalue weighted by Gasteiger charge is -2.11. The minimum atomic E-state index is -4.38. The lowest BCUT2D eigenvalue weighted by molar-refractivity contribution is 0.211. The van der Waals surface area contributed by atoms with Gasteiger partial charge in [0.2, 0.25) is 0 Å². The van der Waals surface area contributed by atoms with Crippen molar-refractivity contribution in [2.24, 2.45) is 0 Å². The average molecular weight is 332 g/mol. The van der Waals surface area contributed by atoms with Crippen molar-refractivity contribution in [3.05, 3.63) is 30.3 Å². The number of aromatic hydroxyl groups is 1. The van der Waals surface area contributed by atoms with Gasteiger partial charge in [-0.3, -0.25) is 4.55 Å². The van der Waals surface area contributed by atoms with E-state index in [1.54, 1.807) is 18.2 Å². The van der Waals surface area contributed by atoms with Crippen LogP contribution >= 0.6 is 11.6 Å². The monoisotopic (exact) mass is 331 g/mol. The fraction of sp³-hybridized carbons (Fsp3) is 0.231. The molecule has 0 heterocycles. The Kier molecular flexibility index (Phi) is 4.58. The first-order chi connectivity index (χ1) is 9.81. The predicted molar refractivity (Wildman–Crippen MR) is 80.6 cm³/mol. The summed E-state index contributed by atoms with van der Waals surface area (Å²) in [6, 6.07) is 7.12. The van der Waals surface area contributed by atoms with E-state index in [1.165, 1.54) is 6.07 Å². The summed E-state index contributed by atoms with van der Waals surface area (Å²) in [5.41, 5.74) is 0.640. The molecule has 0 saturated carbocycles. The van der Waals surface area contributed by atoms with Gasteiger partial charge >= 0.3 is 0 Å². The molecule has 0 saturated heterocycles. The molecule has 0 aliphatic rings. The second-order valence-corrected chi connectivity index (χ2v) is 6.27. The van der Waals surface area contributed by atoms with Gasteiger partial charge in [-0.25, -0.2) is 0 Å². The number of aliphatic hydroxyl groups is 1. The average Bonchev–Trinajstić information content (AvgIpc) is 2.43. The maximum atomic E-state index is 11.1. The van der Waals surface area contributed by atoms with E-state index in [0.29, 0.717) is 16.5 Å². The predicted octanol–water partition coefficient (Wildman–Crippen LogP) is 1.80. The highest BCUT2D eigenvalue weighted by Gasteiger charge is 2.13. The number of phenols is 1. The van der Waals surface area contributed by atoms with Crippen molar-refractivity contribution >= 4 is 38.2 Å². The molecule has 2 aromatic rings. The molecule has 8 heteroatoms. The summed E-state index contributed by atoms with van der Waals surface area (Å²) in [6.45, 7) is 0.249. The van der Waals surface area contributed by atoms with Crippen molar-refractivity contribution < 1.29 is 23.2 Å². The number of hydrogen-bond acceptors (Lipinski definition) is 5. The smallest absolute Gasteiger partial charge is 0.294 e. The molecule has 2 rings (SSSR count). The van der Waals surface area contributed by atoms with Crippen molar-refractivity contribution in [1.29, 1.82) is 0 Å². The Bertz CT molecular complexity index is 762. The van der Waals surface area contributed by atoms with Crippen molar-refractivity contribution in [1.82, 2.24) is 0 Å². The van der Waals surface area contributed by atoms with Crippen molar-refractivity contribution in [2.45, 2.75) is 11.0 Å². The third-order valence-electron chi connectivity index (χ3n) is 2.92. The van der Waals surface area contributed by atoms with E-state index < -0.39 is 16.2 Å². The van der Waals surface area contributed by atoms with E-state index in [1.807, 2.05) is 0 Å². The van der Waals surface area contributed by atoms with Crippen LogP contribution in [0.5, 0.6) is 5.75 Å². The number of nitrogens with one attached hydrogen (secondary N) is 1. The summed E-state index contributed by atoms with van der Waals surface area (Å²) in [6.07, 6.45) is -0.696. The standard InChI is InChI=1S/C13H14ClNO5S/c14-6-10(16)7-15-9-2-1-8-3-11(21(18,19)20)5-13(17)12(8)4-9/h1-5,10,15-17H,6-7H2,(H,18,19,20). The van der Waals surface area contributed by atoms with Gasteiger partial charge in [0.05, 0.1) is 16.9 Å². The number of phenolic OH excluding ortho intramolecular Hbond substituents is 1. The molecular weight excluding hydrogens is 318 g/mol. The van der Waals surface area contributed by atoms with Gasteiger partial charge in [-0.15, -0.1) is 11.6 Å². The van der Waals surface area contributed by atoms with Crippen LogP contribution in [0.25, 0.3) is 10.8 Å². The number of halogens is 1. The fourth-order valence-electron chi connectivity index (χ4n) is 1.86. The normalized spacial score (nSPS) is 13.3. The molecule has 0 spiro atoms. The van der Waals surface area contributed by atoms with Crippen LogP contribution < -0.4 is 5.32 Å². The van der Waals surface area contributed by atoms with Gasteiger partial charge in [0.15, 0.2) is 0 Å². The third kappa shape index (κ3) is 3.76. The van der Waals surface area contributed by atoms with Crippen molar-refractivity contribution in [2.75, 3.05) is 17.7 Å². The summed E-state index contributed by atoms with van der Waals surface area (Å²) >= 11 is 5.49. The molecule has 1 unspecified atom stereocenters.